The van der Waals surface area contributed by atoms with Crippen LogP contribution in [-0.2, 0) is 6.54 Å². The third kappa shape index (κ3) is 2.90. The van der Waals surface area contributed by atoms with Gasteiger partial charge in [-0.15, -0.1) is 0 Å². The molecule has 0 aliphatic heterocycles. The van der Waals surface area contributed by atoms with Gasteiger partial charge in [0, 0.05) is 6.54 Å². The van der Waals surface area contributed by atoms with Crippen LogP contribution in [0.4, 0.5) is 20.2 Å². The zero-order valence-corrected chi connectivity index (χ0v) is 10.1. The van der Waals surface area contributed by atoms with Gasteiger partial charge in [0.25, 0.3) is 0 Å². The predicted octanol–water partition coefficient (Wildman–Crippen LogP) is 3.81. The van der Waals surface area contributed by atoms with Gasteiger partial charge < -0.3 is 11.1 Å². The van der Waals surface area contributed by atoms with Crippen molar-refractivity contribution in [2.24, 2.45) is 0 Å². The smallest absolute Gasteiger partial charge is 0.141 e. The number of benzene rings is 2. The Bertz CT molecular complexity index is 573. The average molecular weight is 269 g/mol. The van der Waals surface area contributed by atoms with Crippen molar-refractivity contribution in [3.8, 4) is 0 Å². The maximum Gasteiger partial charge on any atom is 0.141 e. The molecule has 0 heterocycles. The molecule has 94 valence electrons. The summed E-state index contributed by atoms with van der Waals surface area (Å²) in [5, 5.41) is 3.10. The summed E-state index contributed by atoms with van der Waals surface area (Å²) in [7, 11) is 0. The number of anilines is 2. The van der Waals surface area contributed by atoms with Crippen molar-refractivity contribution in [2.45, 2.75) is 6.54 Å². The topological polar surface area (TPSA) is 38.0 Å². The number of rotatable bonds is 3. The Morgan fingerprint density at radius 1 is 1.11 bits per heavy atom. The number of nitrogens with two attached hydrogens (primary N) is 1. The number of nitrogen functional groups attached to an aromatic ring is 1. The van der Waals surface area contributed by atoms with Crippen LogP contribution in [0.2, 0.25) is 5.02 Å². The zero-order chi connectivity index (χ0) is 13.1. The van der Waals surface area contributed by atoms with E-state index in [1.807, 2.05) is 0 Å². The first-order valence-electron chi connectivity index (χ1n) is 5.29. The van der Waals surface area contributed by atoms with Gasteiger partial charge in [-0.05, 0) is 35.9 Å². The average Bonchev–Trinajstić information content (AvgIpc) is 2.32. The molecular weight excluding hydrogens is 258 g/mol. The van der Waals surface area contributed by atoms with E-state index in [0.29, 0.717) is 17.9 Å². The van der Waals surface area contributed by atoms with Crippen molar-refractivity contribution in [3.05, 3.63) is 58.6 Å². The second-order valence-corrected chi connectivity index (χ2v) is 4.24. The van der Waals surface area contributed by atoms with Crippen molar-refractivity contribution in [3.63, 3.8) is 0 Å². The molecule has 5 heteroatoms. The molecule has 2 nitrogen and oxygen atoms in total. The Kier molecular flexibility index (Phi) is 3.67. The highest BCUT2D eigenvalue weighted by Gasteiger charge is 2.03. The van der Waals surface area contributed by atoms with Gasteiger partial charge in [-0.1, -0.05) is 17.7 Å². The summed E-state index contributed by atoms with van der Waals surface area (Å²) in [6.07, 6.45) is 0. The van der Waals surface area contributed by atoms with Crippen LogP contribution in [0.5, 0.6) is 0 Å². The van der Waals surface area contributed by atoms with E-state index in [1.165, 1.54) is 24.3 Å². The molecule has 0 aromatic heterocycles. The SMILES string of the molecule is Nc1cc(F)ccc1NCc1ccc(F)c(Cl)c1. The third-order valence-electron chi connectivity index (χ3n) is 2.48. The van der Waals surface area contributed by atoms with E-state index >= 15 is 0 Å². The summed E-state index contributed by atoms with van der Waals surface area (Å²) < 4.78 is 25.8. The maximum absolute atomic E-state index is 13.0. The first-order valence-corrected chi connectivity index (χ1v) is 5.67. The fourth-order valence-corrected chi connectivity index (χ4v) is 1.74. The monoisotopic (exact) mass is 268 g/mol. The maximum atomic E-state index is 13.0. The normalized spacial score (nSPS) is 10.4. The van der Waals surface area contributed by atoms with E-state index in [1.54, 1.807) is 12.1 Å². The Hall–Kier alpha value is -1.81. The van der Waals surface area contributed by atoms with Gasteiger partial charge in [-0.2, -0.15) is 0 Å². The Morgan fingerprint density at radius 3 is 2.56 bits per heavy atom. The Labute approximate surface area is 108 Å². The summed E-state index contributed by atoms with van der Waals surface area (Å²) >= 11 is 5.67. The van der Waals surface area contributed by atoms with E-state index in [2.05, 4.69) is 5.32 Å². The van der Waals surface area contributed by atoms with E-state index < -0.39 is 5.82 Å². The van der Waals surface area contributed by atoms with Crippen molar-refractivity contribution >= 4 is 23.0 Å². The summed E-state index contributed by atoms with van der Waals surface area (Å²) in [5.74, 6) is -0.843. The molecule has 0 aliphatic rings. The number of nitrogens with one attached hydrogen (secondary N) is 1. The highest BCUT2D eigenvalue weighted by Crippen LogP contribution is 2.21. The largest absolute Gasteiger partial charge is 0.397 e. The lowest BCUT2D eigenvalue weighted by Crippen LogP contribution is -2.03. The molecule has 0 atom stereocenters. The van der Waals surface area contributed by atoms with E-state index in [4.69, 9.17) is 17.3 Å². The van der Waals surface area contributed by atoms with Gasteiger partial charge in [0.05, 0.1) is 16.4 Å². The first-order chi connectivity index (χ1) is 8.56. The summed E-state index contributed by atoms with van der Waals surface area (Å²) in [5.41, 5.74) is 7.41. The molecular formula is C13H11ClF2N2. The lowest BCUT2D eigenvalue weighted by atomic mass is 10.2. The van der Waals surface area contributed by atoms with E-state index in [9.17, 15) is 8.78 Å². The lowest BCUT2D eigenvalue weighted by Gasteiger charge is -2.09. The van der Waals surface area contributed by atoms with Crippen LogP contribution in [0.3, 0.4) is 0 Å². The molecule has 0 aliphatic carbocycles. The molecule has 18 heavy (non-hydrogen) atoms. The van der Waals surface area contributed by atoms with Gasteiger partial charge in [-0.3, -0.25) is 0 Å². The van der Waals surface area contributed by atoms with Gasteiger partial charge in [-0.25, -0.2) is 8.78 Å². The predicted molar refractivity (Wildman–Crippen MR) is 69.5 cm³/mol. The van der Waals surface area contributed by atoms with Crippen LogP contribution in [-0.4, -0.2) is 0 Å². The van der Waals surface area contributed by atoms with Gasteiger partial charge >= 0.3 is 0 Å². The Morgan fingerprint density at radius 2 is 1.89 bits per heavy atom. The van der Waals surface area contributed by atoms with Crippen molar-refractivity contribution in [1.29, 1.82) is 0 Å². The van der Waals surface area contributed by atoms with Crippen molar-refractivity contribution in [2.75, 3.05) is 11.1 Å². The quantitative estimate of drug-likeness (QED) is 0.831. The van der Waals surface area contributed by atoms with Gasteiger partial charge in [0.1, 0.15) is 11.6 Å². The molecule has 0 saturated heterocycles. The molecule has 0 fully saturated rings. The van der Waals surface area contributed by atoms with Crippen LogP contribution in [0, 0.1) is 11.6 Å². The molecule has 0 unspecified atom stereocenters. The minimum atomic E-state index is -0.457. The molecule has 2 aromatic carbocycles. The van der Waals surface area contributed by atoms with Crippen LogP contribution in [0.25, 0.3) is 0 Å². The highest BCUT2D eigenvalue weighted by atomic mass is 35.5. The molecule has 0 bridgehead atoms. The second kappa shape index (κ2) is 5.23. The third-order valence-corrected chi connectivity index (χ3v) is 2.77. The second-order valence-electron chi connectivity index (χ2n) is 3.83. The molecule has 2 aromatic rings. The van der Waals surface area contributed by atoms with Crippen LogP contribution in [0.15, 0.2) is 36.4 Å². The minimum absolute atomic E-state index is 0.0707. The number of halogens is 3. The minimum Gasteiger partial charge on any atom is -0.397 e. The molecule has 0 spiro atoms. The molecule has 3 N–H and O–H groups in total. The summed E-state index contributed by atoms with van der Waals surface area (Å²) in [6, 6.07) is 8.55. The summed E-state index contributed by atoms with van der Waals surface area (Å²) in [4.78, 5) is 0. The lowest BCUT2D eigenvalue weighted by molar-refractivity contribution is 0.627. The van der Waals surface area contributed by atoms with Crippen LogP contribution in [0.1, 0.15) is 5.56 Å². The van der Waals surface area contributed by atoms with Crippen LogP contribution < -0.4 is 11.1 Å². The first kappa shape index (κ1) is 12.6. The van der Waals surface area contributed by atoms with E-state index in [-0.39, 0.29) is 10.8 Å². The molecule has 0 saturated carbocycles. The standard InChI is InChI=1S/C13H11ClF2N2/c14-10-5-8(1-3-11(10)16)7-18-13-4-2-9(15)6-12(13)17/h1-6,18H,7,17H2. The highest BCUT2D eigenvalue weighted by molar-refractivity contribution is 6.30. The Balaban J connectivity index is 2.09. The van der Waals surface area contributed by atoms with Crippen molar-refractivity contribution in [1.82, 2.24) is 0 Å². The van der Waals surface area contributed by atoms with Gasteiger partial charge in [0.15, 0.2) is 0 Å². The van der Waals surface area contributed by atoms with Crippen LogP contribution >= 0.6 is 11.6 Å². The molecule has 0 radical (unpaired) electrons. The fraction of sp³-hybridized carbons (Fsp3) is 0.0769. The van der Waals surface area contributed by atoms with Crippen molar-refractivity contribution < 1.29 is 8.78 Å². The number of hydrogen-bond acceptors (Lipinski definition) is 2. The fourth-order valence-electron chi connectivity index (χ4n) is 1.54. The van der Waals surface area contributed by atoms with E-state index in [0.717, 1.165) is 5.56 Å². The zero-order valence-electron chi connectivity index (χ0n) is 9.38. The summed E-state index contributed by atoms with van der Waals surface area (Å²) in [6.45, 7) is 0.426. The molecule has 0 amide bonds. The number of hydrogen-bond donors (Lipinski definition) is 2. The molecule has 2 rings (SSSR count). The van der Waals surface area contributed by atoms with Gasteiger partial charge in [0.2, 0.25) is 0 Å².